The molecule has 9 nitrogen and oxygen atoms in total. The number of ether oxygens (including phenoxy) is 4. The normalized spacial score (nSPS) is 12.8. The number of carbonyl (C=O) groups excluding carboxylic acids is 3. The van der Waals surface area contributed by atoms with Crippen LogP contribution < -0.4 is 15.2 Å². The van der Waals surface area contributed by atoms with Crippen molar-refractivity contribution in [2.45, 2.75) is 26.7 Å². The van der Waals surface area contributed by atoms with Crippen molar-refractivity contribution in [3.63, 3.8) is 0 Å². The first-order valence-electron chi connectivity index (χ1n) is 13.2. The summed E-state index contributed by atoms with van der Waals surface area (Å²) in [7, 11) is 0. The predicted octanol–water partition coefficient (Wildman–Crippen LogP) is 4.93. The van der Waals surface area contributed by atoms with Crippen molar-refractivity contribution in [3.8, 4) is 23.6 Å². The Kier molecular flexibility index (Phi) is 9.72. The summed E-state index contributed by atoms with van der Waals surface area (Å²) in [4.78, 5) is 38.1. The van der Waals surface area contributed by atoms with Crippen LogP contribution >= 0.6 is 23.2 Å². The van der Waals surface area contributed by atoms with Crippen molar-refractivity contribution in [2.75, 3.05) is 19.8 Å². The number of nitrogens with zero attached hydrogens (tertiary/aromatic N) is 2. The van der Waals surface area contributed by atoms with Crippen LogP contribution in [0.4, 0.5) is 0 Å². The van der Waals surface area contributed by atoms with E-state index < -0.39 is 23.8 Å². The molecule has 4 rings (SSSR count). The third-order valence-corrected chi connectivity index (χ3v) is 7.16. The zero-order chi connectivity index (χ0) is 31.3. The topological polar surface area (TPSA) is 136 Å². The van der Waals surface area contributed by atoms with Gasteiger partial charge in [0.1, 0.15) is 23.1 Å². The second-order valence-electron chi connectivity index (χ2n) is 9.00. The van der Waals surface area contributed by atoms with Crippen molar-refractivity contribution in [2.24, 2.45) is 0 Å². The number of hydrogen-bond donors (Lipinski definition) is 0. The molecule has 0 saturated carbocycles. The molecule has 0 aliphatic carbocycles. The second-order valence-corrected chi connectivity index (χ2v) is 9.81. The van der Waals surface area contributed by atoms with Gasteiger partial charge in [0.05, 0.1) is 41.5 Å². The van der Waals surface area contributed by atoms with Crippen LogP contribution in [0, 0.1) is 22.7 Å². The van der Waals surface area contributed by atoms with Crippen molar-refractivity contribution in [3.05, 3.63) is 91.3 Å². The minimum Gasteiger partial charge on any atom is -0.465 e. The first-order valence-corrected chi connectivity index (χ1v) is 13.9. The highest BCUT2D eigenvalue weighted by atomic mass is 35.5. The molecule has 3 aromatic rings. The number of rotatable bonds is 8. The third-order valence-electron chi connectivity index (χ3n) is 6.44. The van der Waals surface area contributed by atoms with E-state index in [1.807, 2.05) is 12.1 Å². The van der Waals surface area contributed by atoms with Gasteiger partial charge in [0.25, 0.3) is 0 Å². The quantitative estimate of drug-likeness (QED) is 0.199. The van der Waals surface area contributed by atoms with E-state index in [0.717, 1.165) is 0 Å². The molecule has 0 fully saturated rings. The fourth-order valence-electron chi connectivity index (χ4n) is 4.58. The highest BCUT2D eigenvalue weighted by molar-refractivity contribution is 6.42. The van der Waals surface area contributed by atoms with Crippen LogP contribution in [-0.4, -0.2) is 37.7 Å². The Morgan fingerprint density at radius 1 is 0.837 bits per heavy atom. The van der Waals surface area contributed by atoms with Gasteiger partial charge in [-0.05, 0) is 62.2 Å². The smallest absolute Gasteiger partial charge is 0.349 e. The van der Waals surface area contributed by atoms with E-state index in [9.17, 15) is 24.9 Å². The van der Waals surface area contributed by atoms with Gasteiger partial charge in [-0.25, -0.2) is 9.59 Å². The summed E-state index contributed by atoms with van der Waals surface area (Å²) < 4.78 is 21.6. The lowest BCUT2D eigenvalue weighted by atomic mass is 9.88. The van der Waals surface area contributed by atoms with Gasteiger partial charge in [0, 0.05) is 21.6 Å². The monoisotopic (exact) mass is 618 g/mol. The molecule has 0 bridgehead atoms. The maximum Gasteiger partial charge on any atom is 0.349 e. The molecule has 1 heterocycles. The molecular formula is C32H24Cl2N2O7. The zero-order valence-electron chi connectivity index (χ0n) is 23.3. The molecule has 1 atom stereocenters. The van der Waals surface area contributed by atoms with Crippen LogP contribution in [0.3, 0.4) is 0 Å². The highest BCUT2D eigenvalue weighted by Crippen LogP contribution is 2.40. The van der Waals surface area contributed by atoms with E-state index in [2.05, 4.69) is 0 Å². The second kappa shape index (κ2) is 13.4. The van der Waals surface area contributed by atoms with Crippen molar-refractivity contribution in [1.82, 2.24) is 0 Å². The van der Waals surface area contributed by atoms with Crippen LogP contribution in [0.5, 0.6) is 11.5 Å². The fourth-order valence-corrected chi connectivity index (χ4v) is 4.91. The van der Waals surface area contributed by atoms with E-state index in [0.29, 0.717) is 27.5 Å². The molecule has 0 aromatic heterocycles. The van der Waals surface area contributed by atoms with Gasteiger partial charge in [0.15, 0.2) is 5.92 Å². The Hall–Kier alpha value is -4.83. The van der Waals surface area contributed by atoms with Crippen molar-refractivity contribution in [1.29, 1.82) is 10.5 Å². The van der Waals surface area contributed by atoms with E-state index >= 15 is 0 Å². The molecule has 0 amide bonds. The lowest BCUT2D eigenvalue weighted by Gasteiger charge is -2.24. The number of hydrogen-bond acceptors (Lipinski definition) is 9. The summed E-state index contributed by atoms with van der Waals surface area (Å²) >= 11 is 12.7. The van der Waals surface area contributed by atoms with E-state index in [-0.39, 0.29) is 57.7 Å². The van der Waals surface area contributed by atoms with Gasteiger partial charge in [-0.3, -0.25) is 4.79 Å². The number of fused-ring (bicyclic) bond motifs is 2. The Labute approximate surface area is 257 Å². The van der Waals surface area contributed by atoms with Crippen LogP contribution in [0.15, 0.2) is 48.5 Å². The number of nitriles is 2. The number of esters is 3. The molecule has 11 heteroatoms. The molecular weight excluding hydrogens is 595 g/mol. The Morgan fingerprint density at radius 2 is 1.53 bits per heavy atom. The molecule has 0 radical (unpaired) electrons. The first kappa shape index (κ1) is 31.1. The Balaban J connectivity index is 2.09. The van der Waals surface area contributed by atoms with E-state index in [1.54, 1.807) is 45.0 Å². The summed E-state index contributed by atoms with van der Waals surface area (Å²) in [6, 6.07) is 16.3. The van der Waals surface area contributed by atoms with E-state index in [1.165, 1.54) is 24.3 Å². The maximum absolute atomic E-state index is 13.1. The first-order chi connectivity index (χ1) is 20.7. The molecule has 1 aliphatic rings. The molecule has 3 aromatic carbocycles. The molecule has 1 unspecified atom stereocenters. The lowest BCUT2D eigenvalue weighted by molar-refractivity contribution is -0.143. The van der Waals surface area contributed by atoms with Crippen LogP contribution in [0.2, 0.25) is 10.0 Å². The number of benzene rings is 3. The fraction of sp³-hybridized carbons (Fsp3) is 0.219. The molecule has 0 saturated heterocycles. The van der Waals surface area contributed by atoms with Crippen molar-refractivity contribution < 1.29 is 33.3 Å². The van der Waals surface area contributed by atoms with Gasteiger partial charge in [-0.15, -0.1) is 0 Å². The van der Waals surface area contributed by atoms with Crippen LogP contribution in [0.25, 0.3) is 11.1 Å². The standard InChI is InChI=1S/C32H24Cl2N2O7/c1-4-40-30(37)22-14-26(34)25(33)13-21(22)29-19-9-7-17(23(15-35)31(38)41-5-2)11-27(19)43-28-12-18(8-10-20(28)29)24(16-36)32(39)42-6-3/h7-14,23H,4-6H2,1-3H3/b24-18+. The van der Waals surface area contributed by atoms with Gasteiger partial charge in [-0.1, -0.05) is 41.4 Å². The average molecular weight is 619 g/mol. The molecule has 43 heavy (non-hydrogen) atoms. The van der Waals surface area contributed by atoms with Gasteiger partial charge in [0.2, 0.25) is 0 Å². The predicted molar refractivity (Wildman–Crippen MR) is 157 cm³/mol. The summed E-state index contributed by atoms with van der Waals surface area (Å²) in [6.45, 7) is 5.22. The number of carbonyl (C=O) groups is 3. The minimum atomic E-state index is -1.23. The van der Waals surface area contributed by atoms with Gasteiger partial charge >= 0.3 is 17.9 Å². The van der Waals surface area contributed by atoms with Gasteiger partial charge in [-0.2, -0.15) is 10.5 Å². The van der Waals surface area contributed by atoms with E-state index in [4.69, 9.17) is 42.1 Å². The number of halogens is 2. The Bertz CT molecular complexity index is 1850. The Morgan fingerprint density at radius 3 is 2.19 bits per heavy atom. The lowest BCUT2D eigenvalue weighted by Crippen LogP contribution is -2.23. The molecule has 0 spiro atoms. The third kappa shape index (κ3) is 6.19. The molecule has 0 N–H and O–H groups in total. The zero-order valence-corrected chi connectivity index (χ0v) is 24.8. The SMILES string of the molecule is CCOC(=O)/C(C#N)=c1\ccc2c(c1)Oc1cc(C(C#N)C(=O)OCC)ccc1C=2c1cc(Cl)c(Cl)cc1C(=O)OCC. The van der Waals surface area contributed by atoms with Crippen molar-refractivity contribution >= 4 is 52.3 Å². The molecule has 1 aliphatic heterocycles. The van der Waals surface area contributed by atoms with Crippen LogP contribution in [-0.2, 0) is 23.8 Å². The highest BCUT2D eigenvalue weighted by Gasteiger charge is 2.29. The summed E-state index contributed by atoms with van der Waals surface area (Å²) in [6.07, 6.45) is 0. The minimum absolute atomic E-state index is 0.0774. The largest absolute Gasteiger partial charge is 0.465 e. The summed E-state index contributed by atoms with van der Waals surface area (Å²) in [5.74, 6) is -2.93. The van der Waals surface area contributed by atoms with Crippen LogP contribution in [0.1, 0.15) is 53.7 Å². The summed E-state index contributed by atoms with van der Waals surface area (Å²) in [5, 5.41) is 20.5. The average Bonchev–Trinajstić information content (AvgIpc) is 2.98. The molecule has 218 valence electrons. The van der Waals surface area contributed by atoms with Gasteiger partial charge < -0.3 is 18.9 Å². The summed E-state index contributed by atoms with van der Waals surface area (Å²) in [5.41, 5.74) is 1.59. The maximum atomic E-state index is 13.1.